The zero-order valence-corrected chi connectivity index (χ0v) is 17.7. The van der Waals surface area contributed by atoms with Gasteiger partial charge in [-0.3, -0.25) is 14.8 Å². The van der Waals surface area contributed by atoms with Crippen LogP contribution in [-0.2, 0) is 4.79 Å². The molecule has 1 aliphatic heterocycles. The molecule has 1 aliphatic carbocycles. The molecular formula is C24H20N6O2. The second kappa shape index (κ2) is 6.78. The first-order valence-corrected chi connectivity index (χ1v) is 10.5. The molecule has 0 saturated carbocycles. The number of rotatable bonds is 2. The summed E-state index contributed by atoms with van der Waals surface area (Å²) in [5, 5.41) is 4.60. The van der Waals surface area contributed by atoms with E-state index in [-0.39, 0.29) is 17.1 Å². The number of pyridine rings is 2. The lowest BCUT2D eigenvalue weighted by Gasteiger charge is -2.37. The van der Waals surface area contributed by atoms with Crippen molar-refractivity contribution in [3.63, 3.8) is 0 Å². The van der Waals surface area contributed by atoms with E-state index in [4.69, 9.17) is 9.72 Å². The Kier molecular flexibility index (Phi) is 3.98. The number of aromatic nitrogens is 6. The standard InChI is InChI=1S/C24H20N6O2/c1-24(2)9-16(31)19-17(10-24)32-23-20(18(19)14-5-3-7-25-11-14)22-28-21(29-30(22)13-27-23)15-6-4-8-26-12-15/h3-8,11-13,18H,9-10H2,1-2H3. The Morgan fingerprint density at radius 3 is 2.66 bits per heavy atom. The molecular weight excluding hydrogens is 404 g/mol. The summed E-state index contributed by atoms with van der Waals surface area (Å²) in [7, 11) is 0. The molecule has 158 valence electrons. The van der Waals surface area contributed by atoms with Gasteiger partial charge in [0.25, 0.3) is 0 Å². The Bertz CT molecular complexity index is 1390. The van der Waals surface area contributed by atoms with Crippen LogP contribution in [0.1, 0.15) is 43.7 Å². The quantitative estimate of drug-likeness (QED) is 0.484. The maximum Gasteiger partial charge on any atom is 0.228 e. The highest BCUT2D eigenvalue weighted by Gasteiger charge is 2.44. The largest absolute Gasteiger partial charge is 0.442 e. The summed E-state index contributed by atoms with van der Waals surface area (Å²) >= 11 is 0. The van der Waals surface area contributed by atoms with Gasteiger partial charge in [-0.25, -0.2) is 14.5 Å². The molecule has 2 aliphatic rings. The number of carbonyl (C=O) groups excluding carboxylic acids is 1. The molecule has 0 aromatic carbocycles. The van der Waals surface area contributed by atoms with Crippen molar-refractivity contribution in [2.24, 2.45) is 5.41 Å². The summed E-state index contributed by atoms with van der Waals surface area (Å²) in [5.41, 5.74) is 3.54. The molecule has 1 unspecified atom stereocenters. The Morgan fingerprint density at radius 2 is 1.91 bits per heavy atom. The molecule has 0 amide bonds. The van der Waals surface area contributed by atoms with Gasteiger partial charge in [-0.2, -0.15) is 0 Å². The van der Waals surface area contributed by atoms with Crippen LogP contribution in [0.15, 0.2) is 66.7 Å². The maximum atomic E-state index is 13.4. The van der Waals surface area contributed by atoms with E-state index in [1.165, 1.54) is 0 Å². The van der Waals surface area contributed by atoms with E-state index in [2.05, 4.69) is 33.9 Å². The minimum atomic E-state index is -0.367. The van der Waals surface area contributed by atoms with Crippen molar-refractivity contribution in [1.29, 1.82) is 0 Å². The van der Waals surface area contributed by atoms with Crippen molar-refractivity contribution >= 4 is 11.4 Å². The van der Waals surface area contributed by atoms with Crippen molar-refractivity contribution in [3.05, 3.63) is 77.8 Å². The molecule has 32 heavy (non-hydrogen) atoms. The van der Waals surface area contributed by atoms with E-state index in [1.807, 2.05) is 24.3 Å². The van der Waals surface area contributed by atoms with Gasteiger partial charge in [0.2, 0.25) is 5.88 Å². The van der Waals surface area contributed by atoms with Crippen molar-refractivity contribution in [1.82, 2.24) is 29.5 Å². The minimum absolute atomic E-state index is 0.0877. The molecule has 0 fully saturated rings. The average Bonchev–Trinajstić information content (AvgIpc) is 3.23. The summed E-state index contributed by atoms with van der Waals surface area (Å²) in [6, 6.07) is 7.60. The summed E-state index contributed by atoms with van der Waals surface area (Å²) in [5.74, 6) is 1.41. The van der Waals surface area contributed by atoms with Crippen LogP contribution in [0.5, 0.6) is 5.88 Å². The van der Waals surface area contributed by atoms with Gasteiger partial charge in [0.15, 0.2) is 17.3 Å². The fraction of sp³-hybridized carbons (Fsp3) is 0.250. The van der Waals surface area contributed by atoms with Gasteiger partial charge in [-0.05, 0) is 29.2 Å². The zero-order valence-electron chi connectivity index (χ0n) is 17.7. The first kappa shape index (κ1) is 18.8. The van der Waals surface area contributed by atoms with E-state index in [0.29, 0.717) is 41.5 Å². The van der Waals surface area contributed by atoms with Crippen molar-refractivity contribution < 1.29 is 9.53 Å². The van der Waals surface area contributed by atoms with Gasteiger partial charge in [0, 0.05) is 48.8 Å². The Morgan fingerprint density at radius 1 is 1.09 bits per heavy atom. The number of fused-ring (bicyclic) bond motifs is 3. The Labute approximate surface area is 184 Å². The molecule has 4 aromatic rings. The predicted molar refractivity (Wildman–Crippen MR) is 116 cm³/mol. The van der Waals surface area contributed by atoms with Crippen molar-refractivity contribution in [2.45, 2.75) is 32.6 Å². The summed E-state index contributed by atoms with van der Waals surface area (Å²) in [4.78, 5) is 31.2. The molecule has 4 aromatic heterocycles. The second-order valence-corrected chi connectivity index (χ2v) is 9.01. The lowest BCUT2D eigenvalue weighted by molar-refractivity contribution is -0.118. The normalized spacial score (nSPS) is 19.4. The van der Waals surface area contributed by atoms with Crippen LogP contribution < -0.4 is 4.74 Å². The summed E-state index contributed by atoms with van der Waals surface area (Å²) in [6.07, 6.45) is 9.68. The molecule has 0 spiro atoms. The fourth-order valence-corrected chi connectivity index (χ4v) is 4.64. The van der Waals surface area contributed by atoms with Crippen LogP contribution in [0.2, 0.25) is 0 Å². The topological polar surface area (TPSA) is 95.2 Å². The van der Waals surface area contributed by atoms with Gasteiger partial charge in [0.1, 0.15) is 12.1 Å². The van der Waals surface area contributed by atoms with E-state index in [0.717, 1.165) is 16.7 Å². The first-order valence-electron chi connectivity index (χ1n) is 10.5. The number of ketones is 1. The fourth-order valence-electron chi connectivity index (χ4n) is 4.64. The second-order valence-electron chi connectivity index (χ2n) is 9.01. The average molecular weight is 424 g/mol. The Hall–Kier alpha value is -3.94. The van der Waals surface area contributed by atoms with Gasteiger partial charge in [-0.1, -0.05) is 19.9 Å². The van der Waals surface area contributed by atoms with Crippen LogP contribution in [0.25, 0.3) is 17.0 Å². The third-order valence-corrected chi connectivity index (χ3v) is 6.00. The molecule has 8 nitrogen and oxygen atoms in total. The molecule has 8 heteroatoms. The molecule has 6 rings (SSSR count). The van der Waals surface area contributed by atoms with Crippen molar-refractivity contribution in [3.8, 4) is 17.3 Å². The van der Waals surface area contributed by atoms with E-state index in [1.54, 1.807) is 35.6 Å². The molecule has 0 radical (unpaired) electrons. The summed E-state index contributed by atoms with van der Waals surface area (Å²) in [6.45, 7) is 4.17. The highest BCUT2D eigenvalue weighted by Crippen LogP contribution is 2.50. The van der Waals surface area contributed by atoms with E-state index >= 15 is 0 Å². The SMILES string of the molecule is CC1(C)CC(=O)C2=C(C1)Oc1ncn3nc(-c4cccnc4)nc3c1C2c1cccnc1. The monoisotopic (exact) mass is 424 g/mol. The number of nitrogens with zero attached hydrogens (tertiary/aromatic N) is 6. The van der Waals surface area contributed by atoms with Gasteiger partial charge in [-0.15, -0.1) is 5.10 Å². The number of hydrogen-bond donors (Lipinski definition) is 0. The first-order chi connectivity index (χ1) is 15.5. The third-order valence-electron chi connectivity index (χ3n) is 6.00. The molecule has 1 atom stereocenters. The molecule has 0 saturated heterocycles. The molecule has 5 heterocycles. The van der Waals surface area contributed by atoms with Gasteiger partial charge < -0.3 is 4.74 Å². The van der Waals surface area contributed by atoms with Crippen LogP contribution >= 0.6 is 0 Å². The van der Waals surface area contributed by atoms with E-state index < -0.39 is 0 Å². The predicted octanol–water partition coefficient (Wildman–Crippen LogP) is 3.75. The lowest BCUT2D eigenvalue weighted by atomic mass is 9.70. The lowest BCUT2D eigenvalue weighted by Crippen LogP contribution is -2.33. The minimum Gasteiger partial charge on any atom is -0.442 e. The zero-order chi connectivity index (χ0) is 21.9. The maximum absolute atomic E-state index is 13.4. The smallest absolute Gasteiger partial charge is 0.228 e. The van der Waals surface area contributed by atoms with Crippen LogP contribution in [0, 0.1) is 5.41 Å². The number of ether oxygens (including phenoxy) is 1. The van der Waals surface area contributed by atoms with Crippen LogP contribution in [-0.4, -0.2) is 35.3 Å². The number of allylic oxidation sites excluding steroid dienone is 2. The number of carbonyl (C=O) groups is 1. The summed E-state index contributed by atoms with van der Waals surface area (Å²) < 4.78 is 7.89. The van der Waals surface area contributed by atoms with E-state index in [9.17, 15) is 4.79 Å². The Balaban J connectivity index is 1.61. The van der Waals surface area contributed by atoms with Crippen molar-refractivity contribution in [2.75, 3.05) is 0 Å². The highest BCUT2D eigenvalue weighted by atomic mass is 16.5. The third kappa shape index (κ3) is 2.90. The number of Topliss-reactive ketones (excluding diaryl/α,β-unsaturated/α-hetero) is 1. The van der Waals surface area contributed by atoms with Gasteiger partial charge >= 0.3 is 0 Å². The van der Waals surface area contributed by atoms with Crippen LogP contribution in [0.4, 0.5) is 0 Å². The van der Waals surface area contributed by atoms with Gasteiger partial charge in [0.05, 0.1) is 11.5 Å². The molecule has 0 bridgehead atoms. The number of hydrogen-bond acceptors (Lipinski definition) is 7. The molecule has 0 N–H and O–H groups in total. The van der Waals surface area contributed by atoms with Crippen LogP contribution in [0.3, 0.4) is 0 Å². The highest BCUT2D eigenvalue weighted by molar-refractivity contribution is 6.00.